The lowest BCUT2D eigenvalue weighted by Crippen LogP contribution is -2.39. The molecule has 1 amide bonds. The fourth-order valence-electron chi connectivity index (χ4n) is 4.16. The van der Waals surface area contributed by atoms with Gasteiger partial charge in [-0.05, 0) is 53.1 Å². The largest absolute Gasteiger partial charge is 0.391 e. The molecule has 0 bridgehead atoms. The second-order valence-corrected chi connectivity index (χ2v) is 8.60. The van der Waals surface area contributed by atoms with Gasteiger partial charge < -0.3 is 9.74 Å². The molecule has 8 heteroatoms. The molecule has 0 saturated carbocycles. The van der Waals surface area contributed by atoms with Crippen molar-refractivity contribution in [2.45, 2.75) is 31.8 Å². The Balaban J connectivity index is 1.34. The molecule has 0 atom stereocenters. The van der Waals surface area contributed by atoms with Crippen LogP contribution in [0.5, 0.6) is 0 Å². The summed E-state index contributed by atoms with van der Waals surface area (Å²) in [6.07, 6.45) is 1.26. The first-order chi connectivity index (χ1) is 17.4. The molecule has 1 fully saturated rings. The van der Waals surface area contributed by atoms with Gasteiger partial charge in [0.2, 0.25) is 5.91 Å². The van der Waals surface area contributed by atoms with Gasteiger partial charge in [0, 0.05) is 38.3 Å². The Morgan fingerprint density at radius 1 is 0.944 bits per heavy atom. The highest BCUT2D eigenvalue weighted by molar-refractivity contribution is 5.87. The highest BCUT2D eigenvalue weighted by Gasteiger charge is 2.25. The van der Waals surface area contributed by atoms with E-state index in [0.29, 0.717) is 31.5 Å². The van der Waals surface area contributed by atoms with Crippen LogP contribution in [0.25, 0.3) is 0 Å². The highest BCUT2D eigenvalue weighted by atomic mass is 19.1. The molecule has 1 aliphatic heterocycles. The van der Waals surface area contributed by atoms with Crippen molar-refractivity contribution < 1.29 is 22.8 Å². The van der Waals surface area contributed by atoms with Crippen molar-refractivity contribution in [2.75, 3.05) is 13.1 Å². The van der Waals surface area contributed by atoms with Gasteiger partial charge in [-0.3, -0.25) is 4.79 Å². The van der Waals surface area contributed by atoms with Crippen molar-refractivity contribution in [1.29, 1.82) is 5.26 Å². The number of hydrogen-bond acceptors (Lipinski definition) is 4. The lowest BCUT2D eigenvalue weighted by molar-refractivity contribution is -0.131. The van der Waals surface area contributed by atoms with Gasteiger partial charge in [0.1, 0.15) is 30.1 Å². The molecule has 0 radical (unpaired) electrons. The van der Waals surface area contributed by atoms with Gasteiger partial charge >= 0.3 is 0 Å². The summed E-state index contributed by atoms with van der Waals surface area (Å²) in [7, 11) is 0. The monoisotopic (exact) mass is 491 g/mol. The number of hydrogen-bond donors (Lipinski definition) is 0. The van der Waals surface area contributed by atoms with E-state index >= 15 is 0 Å². The van der Waals surface area contributed by atoms with E-state index in [1.165, 1.54) is 36.4 Å². The lowest BCUT2D eigenvalue weighted by atomic mass is 9.88. The van der Waals surface area contributed by atoms with Crippen molar-refractivity contribution in [1.82, 2.24) is 4.90 Å². The van der Waals surface area contributed by atoms with Crippen LogP contribution >= 0.6 is 0 Å². The molecule has 0 aromatic heterocycles. The van der Waals surface area contributed by atoms with E-state index < -0.39 is 5.82 Å². The van der Waals surface area contributed by atoms with Crippen LogP contribution in [0.15, 0.2) is 71.9 Å². The Hall–Kier alpha value is -4.12. The average Bonchev–Trinajstić information content (AvgIpc) is 2.89. The van der Waals surface area contributed by atoms with E-state index in [-0.39, 0.29) is 42.1 Å². The standard InChI is InChI=1S/C28H24F3N3O2/c29-23-7-3-20(4-8-23)26(21-5-9-24(30)10-6-21)16-28(35)34-13-11-25(12-14-34)33-36-18-19-1-2-22(17-32)27(31)15-19/h1-10,15,26H,11-14,16,18H2. The van der Waals surface area contributed by atoms with Crippen molar-refractivity contribution in [3.8, 4) is 6.07 Å². The molecule has 4 rings (SSSR count). The van der Waals surface area contributed by atoms with Crippen LogP contribution in [0.4, 0.5) is 13.2 Å². The fraction of sp³-hybridized carbons (Fsp3) is 0.250. The Labute approximate surface area is 207 Å². The molecule has 1 saturated heterocycles. The summed E-state index contributed by atoms with van der Waals surface area (Å²) < 4.78 is 40.6. The lowest BCUT2D eigenvalue weighted by Gasteiger charge is -2.29. The number of rotatable bonds is 7. The van der Waals surface area contributed by atoms with Crippen LogP contribution in [0.2, 0.25) is 0 Å². The molecule has 5 nitrogen and oxygen atoms in total. The zero-order chi connectivity index (χ0) is 25.5. The molecule has 36 heavy (non-hydrogen) atoms. The van der Waals surface area contributed by atoms with Crippen molar-refractivity contribution in [2.24, 2.45) is 5.16 Å². The van der Waals surface area contributed by atoms with Crippen LogP contribution in [0, 0.1) is 28.8 Å². The molecular formula is C28H24F3N3O2. The number of nitrogens with zero attached hydrogens (tertiary/aromatic N) is 3. The molecule has 0 aliphatic carbocycles. The SMILES string of the molecule is N#Cc1ccc(CON=C2CCN(C(=O)CC(c3ccc(F)cc3)c3ccc(F)cc3)CC2)cc1F. The number of nitriles is 1. The van der Waals surface area contributed by atoms with Crippen LogP contribution in [-0.4, -0.2) is 29.6 Å². The predicted molar refractivity (Wildman–Crippen MR) is 128 cm³/mol. The van der Waals surface area contributed by atoms with Crippen LogP contribution in [0.1, 0.15) is 47.4 Å². The van der Waals surface area contributed by atoms with Crippen molar-refractivity contribution in [3.05, 3.63) is 106 Å². The number of carbonyl (C=O) groups excluding carboxylic acids is 1. The first-order valence-electron chi connectivity index (χ1n) is 11.6. The normalized spacial score (nSPS) is 13.4. The maximum Gasteiger partial charge on any atom is 0.223 e. The Bertz CT molecular complexity index is 1230. The van der Waals surface area contributed by atoms with E-state index in [9.17, 15) is 18.0 Å². The summed E-state index contributed by atoms with van der Waals surface area (Å²) >= 11 is 0. The van der Waals surface area contributed by atoms with Gasteiger partial charge in [-0.15, -0.1) is 0 Å². The quantitative estimate of drug-likeness (QED) is 0.399. The minimum atomic E-state index is -0.599. The maximum atomic E-state index is 13.7. The summed E-state index contributed by atoms with van der Waals surface area (Å²) in [5.41, 5.74) is 2.91. The third kappa shape index (κ3) is 6.30. The van der Waals surface area contributed by atoms with E-state index in [1.54, 1.807) is 41.3 Å². The summed E-state index contributed by atoms with van der Waals surface area (Å²) in [4.78, 5) is 20.2. The minimum Gasteiger partial charge on any atom is -0.391 e. The number of benzene rings is 3. The summed E-state index contributed by atoms with van der Waals surface area (Å²) in [6.45, 7) is 1.03. The Morgan fingerprint density at radius 3 is 2.06 bits per heavy atom. The third-order valence-corrected chi connectivity index (χ3v) is 6.20. The number of amides is 1. The zero-order valence-corrected chi connectivity index (χ0v) is 19.5. The summed E-state index contributed by atoms with van der Waals surface area (Å²) in [6, 6.07) is 18.0. The number of halogens is 3. The average molecular weight is 492 g/mol. The van der Waals surface area contributed by atoms with E-state index in [2.05, 4.69) is 5.16 Å². The summed E-state index contributed by atoms with van der Waals surface area (Å²) in [5, 5.41) is 12.9. The number of carbonyl (C=O) groups is 1. The van der Waals surface area contributed by atoms with Gasteiger partial charge in [-0.1, -0.05) is 35.5 Å². The predicted octanol–water partition coefficient (Wildman–Crippen LogP) is 5.69. The molecule has 3 aromatic rings. The van der Waals surface area contributed by atoms with Crippen molar-refractivity contribution in [3.63, 3.8) is 0 Å². The van der Waals surface area contributed by atoms with Crippen LogP contribution in [0.3, 0.4) is 0 Å². The van der Waals surface area contributed by atoms with Gasteiger partial charge in [-0.25, -0.2) is 13.2 Å². The fourth-order valence-corrected chi connectivity index (χ4v) is 4.16. The smallest absolute Gasteiger partial charge is 0.223 e. The highest BCUT2D eigenvalue weighted by Crippen LogP contribution is 2.30. The second-order valence-electron chi connectivity index (χ2n) is 8.60. The molecule has 184 valence electrons. The topological polar surface area (TPSA) is 65.7 Å². The number of likely N-dealkylation sites (tertiary alicyclic amines) is 1. The first kappa shape index (κ1) is 25.0. The maximum absolute atomic E-state index is 13.7. The van der Waals surface area contributed by atoms with E-state index in [4.69, 9.17) is 10.1 Å². The Morgan fingerprint density at radius 2 is 1.53 bits per heavy atom. The molecule has 0 spiro atoms. The van der Waals surface area contributed by atoms with Gasteiger partial charge in [-0.2, -0.15) is 5.26 Å². The van der Waals surface area contributed by atoms with Gasteiger partial charge in [0.05, 0.1) is 11.3 Å². The Kier molecular flexibility index (Phi) is 8.01. The van der Waals surface area contributed by atoms with Gasteiger partial charge in [0.25, 0.3) is 0 Å². The zero-order valence-electron chi connectivity index (χ0n) is 19.5. The van der Waals surface area contributed by atoms with E-state index in [0.717, 1.165) is 16.8 Å². The molecule has 1 heterocycles. The van der Waals surface area contributed by atoms with Crippen LogP contribution in [-0.2, 0) is 16.2 Å². The third-order valence-electron chi connectivity index (χ3n) is 6.20. The molecule has 3 aromatic carbocycles. The molecule has 1 aliphatic rings. The van der Waals surface area contributed by atoms with Gasteiger partial charge in [0.15, 0.2) is 0 Å². The van der Waals surface area contributed by atoms with Crippen LogP contribution < -0.4 is 0 Å². The molecule has 0 N–H and O–H groups in total. The minimum absolute atomic E-state index is 0.0248. The number of oxime groups is 1. The molecule has 0 unspecified atom stereocenters. The second kappa shape index (κ2) is 11.5. The van der Waals surface area contributed by atoms with Crippen molar-refractivity contribution >= 4 is 11.6 Å². The van der Waals surface area contributed by atoms with E-state index in [1.807, 2.05) is 0 Å². The summed E-state index contributed by atoms with van der Waals surface area (Å²) in [5.74, 6) is -1.71. The molecular weight excluding hydrogens is 467 g/mol. The first-order valence-corrected chi connectivity index (χ1v) is 11.6. The number of piperidine rings is 1.